The fourth-order valence-corrected chi connectivity index (χ4v) is 4.95. The second-order valence-electron chi connectivity index (χ2n) is 7.62. The zero-order valence-corrected chi connectivity index (χ0v) is 17.8. The Hall–Kier alpha value is -3.32. The third-order valence-corrected chi connectivity index (χ3v) is 6.48. The number of thioether (sulfide) groups is 1. The minimum Gasteiger partial charge on any atom is -0.467 e. The lowest BCUT2D eigenvalue weighted by molar-refractivity contribution is -0.116. The molecule has 5 rings (SSSR count). The van der Waals surface area contributed by atoms with Crippen molar-refractivity contribution in [2.24, 2.45) is 0 Å². The van der Waals surface area contributed by atoms with Crippen LogP contribution in [0, 0.1) is 0 Å². The third kappa shape index (κ3) is 3.65. The van der Waals surface area contributed by atoms with E-state index in [1.54, 1.807) is 23.0 Å². The molecule has 3 heterocycles. The van der Waals surface area contributed by atoms with Crippen LogP contribution in [-0.2, 0) is 17.8 Å². The Kier molecular flexibility index (Phi) is 5.11. The average Bonchev–Trinajstić information content (AvgIpc) is 3.41. The number of benzene rings is 2. The zero-order chi connectivity index (χ0) is 21.4. The molecular weight excluding hydrogens is 410 g/mol. The number of hydrogen-bond acceptors (Lipinski definition) is 5. The Labute approximate surface area is 183 Å². The molecule has 0 aliphatic carbocycles. The zero-order valence-electron chi connectivity index (χ0n) is 17.0. The van der Waals surface area contributed by atoms with E-state index in [1.807, 2.05) is 47.4 Å². The highest BCUT2D eigenvalue weighted by Gasteiger charge is 2.30. The van der Waals surface area contributed by atoms with Crippen molar-refractivity contribution in [1.29, 1.82) is 0 Å². The van der Waals surface area contributed by atoms with E-state index in [2.05, 4.69) is 13.0 Å². The number of fused-ring (bicyclic) bond motifs is 2. The van der Waals surface area contributed by atoms with Crippen molar-refractivity contribution >= 4 is 34.3 Å². The summed E-state index contributed by atoms with van der Waals surface area (Å²) < 4.78 is 7.03. The largest absolute Gasteiger partial charge is 0.467 e. The molecule has 2 aromatic carbocycles. The van der Waals surface area contributed by atoms with Gasteiger partial charge in [0.2, 0.25) is 5.91 Å². The number of carbonyl (C=O) groups is 1. The molecule has 31 heavy (non-hydrogen) atoms. The van der Waals surface area contributed by atoms with E-state index in [-0.39, 0.29) is 29.8 Å². The number of anilines is 1. The second-order valence-corrected chi connectivity index (χ2v) is 8.56. The maximum Gasteiger partial charge on any atom is 0.262 e. The monoisotopic (exact) mass is 431 g/mol. The number of carbonyl (C=O) groups excluding carboxylic acids is 1. The fourth-order valence-electron chi connectivity index (χ4n) is 4.10. The van der Waals surface area contributed by atoms with Crippen LogP contribution in [0.1, 0.15) is 18.2 Å². The lowest BCUT2D eigenvalue weighted by Crippen LogP contribution is -2.37. The maximum atomic E-state index is 13.2. The van der Waals surface area contributed by atoms with Gasteiger partial charge in [-0.2, -0.15) is 0 Å². The standard InChI is InChI=1S/C24H21N3O3S/c1-16-13-17-7-2-5-11-21(17)27(16)22(28)15-31-24-25-20-10-4-3-9-19(20)23(29)26(24)14-18-8-6-12-30-18/h2-12,16H,13-15H2,1H3. The van der Waals surface area contributed by atoms with Gasteiger partial charge in [-0.15, -0.1) is 0 Å². The molecule has 2 aromatic heterocycles. The SMILES string of the molecule is CC1Cc2ccccc2N1C(=O)CSc1nc2ccccc2c(=O)n1Cc1ccco1. The molecule has 1 atom stereocenters. The molecule has 1 unspecified atom stereocenters. The van der Waals surface area contributed by atoms with Gasteiger partial charge in [-0.1, -0.05) is 42.1 Å². The number of nitrogens with zero attached hydrogens (tertiary/aromatic N) is 3. The molecule has 6 nitrogen and oxygen atoms in total. The van der Waals surface area contributed by atoms with E-state index in [9.17, 15) is 9.59 Å². The minimum atomic E-state index is -0.142. The molecule has 0 saturated heterocycles. The summed E-state index contributed by atoms with van der Waals surface area (Å²) in [6, 6.07) is 19.0. The fraction of sp³-hybridized carbons (Fsp3) is 0.208. The maximum absolute atomic E-state index is 13.2. The molecule has 0 fully saturated rings. The first-order valence-corrected chi connectivity index (χ1v) is 11.1. The van der Waals surface area contributed by atoms with Crippen molar-refractivity contribution in [2.45, 2.75) is 31.1 Å². The van der Waals surface area contributed by atoms with Crippen LogP contribution in [0.15, 0.2) is 81.3 Å². The van der Waals surface area contributed by atoms with Crippen LogP contribution >= 0.6 is 11.8 Å². The molecule has 1 aliphatic rings. The Morgan fingerprint density at radius 1 is 1.13 bits per heavy atom. The normalized spacial score (nSPS) is 15.4. The highest BCUT2D eigenvalue weighted by Crippen LogP contribution is 2.32. The Morgan fingerprint density at radius 3 is 2.77 bits per heavy atom. The summed E-state index contributed by atoms with van der Waals surface area (Å²) in [5.74, 6) is 0.866. The highest BCUT2D eigenvalue weighted by atomic mass is 32.2. The van der Waals surface area contributed by atoms with Gasteiger partial charge in [0.15, 0.2) is 5.16 Å². The molecule has 0 bridgehead atoms. The topological polar surface area (TPSA) is 68.3 Å². The Balaban J connectivity index is 1.46. The van der Waals surface area contributed by atoms with E-state index in [1.165, 1.54) is 17.3 Å². The summed E-state index contributed by atoms with van der Waals surface area (Å²) in [6.07, 6.45) is 2.43. The van der Waals surface area contributed by atoms with Gasteiger partial charge in [0.05, 0.1) is 29.5 Å². The molecular formula is C24H21N3O3S. The van der Waals surface area contributed by atoms with Crippen molar-refractivity contribution in [2.75, 3.05) is 10.7 Å². The van der Waals surface area contributed by atoms with Crippen LogP contribution in [0.5, 0.6) is 0 Å². The number of hydrogen-bond donors (Lipinski definition) is 0. The van der Waals surface area contributed by atoms with Crippen molar-refractivity contribution in [3.63, 3.8) is 0 Å². The van der Waals surface area contributed by atoms with E-state index < -0.39 is 0 Å². The predicted octanol–water partition coefficient (Wildman–Crippen LogP) is 4.11. The molecule has 4 aromatic rings. The molecule has 0 radical (unpaired) electrons. The number of amides is 1. The van der Waals surface area contributed by atoms with Gasteiger partial charge >= 0.3 is 0 Å². The first-order valence-electron chi connectivity index (χ1n) is 10.2. The van der Waals surface area contributed by atoms with Gasteiger partial charge in [-0.3, -0.25) is 14.2 Å². The summed E-state index contributed by atoms with van der Waals surface area (Å²) >= 11 is 1.29. The lowest BCUT2D eigenvalue weighted by atomic mass is 10.1. The van der Waals surface area contributed by atoms with Gasteiger partial charge in [-0.05, 0) is 49.2 Å². The quantitative estimate of drug-likeness (QED) is 0.351. The Bertz CT molecular complexity index is 1310. The predicted molar refractivity (Wildman–Crippen MR) is 122 cm³/mol. The van der Waals surface area contributed by atoms with Crippen molar-refractivity contribution in [3.05, 3.63) is 88.6 Å². The van der Waals surface area contributed by atoms with Gasteiger partial charge in [0.25, 0.3) is 5.56 Å². The summed E-state index contributed by atoms with van der Waals surface area (Å²) in [7, 11) is 0. The minimum absolute atomic E-state index is 0.00871. The van der Waals surface area contributed by atoms with Crippen LogP contribution in [0.25, 0.3) is 10.9 Å². The molecule has 0 saturated carbocycles. The van der Waals surface area contributed by atoms with Crippen LogP contribution in [0.4, 0.5) is 5.69 Å². The lowest BCUT2D eigenvalue weighted by Gasteiger charge is -2.22. The highest BCUT2D eigenvalue weighted by molar-refractivity contribution is 7.99. The molecule has 7 heteroatoms. The first-order chi connectivity index (χ1) is 15.1. The molecule has 156 valence electrons. The molecule has 1 aliphatic heterocycles. The van der Waals surface area contributed by atoms with Gasteiger partial charge in [-0.25, -0.2) is 4.98 Å². The summed E-state index contributed by atoms with van der Waals surface area (Å²) in [5.41, 5.74) is 2.64. The van der Waals surface area contributed by atoms with Gasteiger partial charge < -0.3 is 9.32 Å². The molecule has 1 amide bonds. The van der Waals surface area contributed by atoms with E-state index >= 15 is 0 Å². The van der Waals surface area contributed by atoms with Crippen molar-refractivity contribution < 1.29 is 9.21 Å². The Morgan fingerprint density at radius 2 is 1.94 bits per heavy atom. The number of furan rings is 1. The summed E-state index contributed by atoms with van der Waals surface area (Å²) in [6.45, 7) is 2.33. The number of para-hydroxylation sites is 2. The van der Waals surface area contributed by atoms with Crippen LogP contribution in [0.3, 0.4) is 0 Å². The van der Waals surface area contributed by atoms with Crippen LogP contribution < -0.4 is 10.5 Å². The first kappa shape index (κ1) is 19.6. The molecule has 0 N–H and O–H groups in total. The summed E-state index contributed by atoms with van der Waals surface area (Å²) in [5, 5.41) is 1.06. The number of aromatic nitrogens is 2. The van der Waals surface area contributed by atoms with E-state index in [0.717, 1.165) is 12.1 Å². The third-order valence-electron chi connectivity index (χ3n) is 5.52. The van der Waals surface area contributed by atoms with Crippen LogP contribution in [-0.4, -0.2) is 27.3 Å². The van der Waals surface area contributed by atoms with E-state index in [0.29, 0.717) is 21.8 Å². The smallest absolute Gasteiger partial charge is 0.262 e. The van der Waals surface area contributed by atoms with Crippen molar-refractivity contribution in [3.8, 4) is 0 Å². The molecule has 0 spiro atoms. The van der Waals surface area contributed by atoms with Gasteiger partial charge in [0, 0.05) is 11.7 Å². The second kappa shape index (κ2) is 8.07. The summed E-state index contributed by atoms with van der Waals surface area (Å²) in [4.78, 5) is 32.9. The number of rotatable bonds is 5. The van der Waals surface area contributed by atoms with E-state index in [4.69, 9.17) is 9.40 Å². The average molecular weight is 432 g/mol. The van der Waals surface area contributed by atoms with Gasteiger partial charge in [0.1, 0.15) is 5.76 Å². The van der Waals surface area contributed by atoms with Crippen LogP contribution in [0.2, 0.25) is 0 Å². The van der Waals surface area contributed by atoms with Crippen molar-refractivity contribution in [1.82, 2.24) is 9.55 Å².